The number of nitrogens with zero attached hydrogens (tertiary/aromatic N) is 2. The zero-order chi connectivity index (χ0) is 23.7. The summed E-state index contributed by atoms with van der Waals surface area (Å²) >= 11 is 0. The second-order valence-electron chi connectivity index (χ2n) is 9.86. The molecule has 0 spiro atoms. The number of hydrogen-bond acceptors (Lipinski definition) is 8. The molecular weight excluding hydrogens is 438 g/mol. The van der Waals surface area contributed by atoms with Gasteiger partial charge in [0, 0.05) is 6.07 Å². The average molecular weight is 470 g/mol. The van der Waals surface area contributed by atoms with E-state index in [1.807, 2.05) is 6.92 Å². The van der Waals surface area contributed by atoms with E-state index in [1.165, 1.54) is 31.7 Å². The van der Waals surface area contributed by atoms with Crippen molar-refractivity contribution in [2.45, 2.75) is 71.1 Å². The fraction of sp³-hybridized carbons (Fsp3) is 0.640. The van der Waals surface area contributed by atoms with Crippen LogP contribution in [0.4, 0.5) is 0 Å². The standard InChI is InChI=1S/C25H31N3O6/c1-2-32-24(31)20-15-9-10-16(20)12-18(11-15)28-34-25-26-22(30)21-17(8-7-14-5-3-4-6-14)13-19(29)33-23(21)27-25/h13-16,20H,2-12H2,1H3,(H,26,27,30)/b28-18-/t15-,16+,20?/m1/s1. The number of oxime groups is 1. The number of fused-ring (bicyclic) bond motifs is 3. The van der Waals surface area contributed by atoms with Crippen LogP contribution in [-0.4, -0.2) is 28.3 Å². The maximum atomic E-state index is 12.8. The predicted molar refractivity (Wildman–Crippen MR) is 125 cm³/mol. The minimum atomic E-state index is -0.529. The van der Waals surface area contributed by atoms with Crippen molar-refractivity contribution >= 4 is 22.8 Å². The highest BCUT2D eigenvalue weighted by molar-refractivity contribution is 5.88. The van der Waals surface area contributed by atoms with Crippen LogP contribution >= 0.6 is 0 Å². The van der Waals surface area contributed by atoms with E-state index >= 15 is 0 Å². The van der Waals surface area contributed by atoms with E-state index in [1.54, 1.807) is 0 Å². The molecule has 3 atom stereocenters. The second kappa shape index (κ2) is 9.72. The molecule has 0 saturated heterocycles. The molecule has 182 valence electrons. The van der Waals surface area contributed by atoms with Crippen molar-refractivity contribution in [1.29, 1.82) is 0 Å². The summed E-state index contributed by atoms with van der Waals surface area (Å²) in [5.41, 5.74) is 0.537. The van der Waals surface area contributed by atoms with Gasteiger partial charge in [-0.25, -0.2) is 4.79 Å². The maximum Gasteiger partial charge on any atom is 0.337 e. The third-order valence-corrected chi connectivity index (χ3v) is 7.71. The van der Waals surface area contributed by atoms with E-state index in [2.05, 4.69) is 15.1 Å². The van der Waals surface area contributed by atoms with E-state index < -0.39 is 11.2 Å². The molecule has 1 N–H and O–H groups in total. The zero-order valence-electron chi connectivity index (χ0n) is 19.5. The summed E-state index contributed by atoms with van der Waals surface area (Å²) in [7, 11) is 0. The van der Waals surface area contributed by atoms with Gasteiger partial charge in [0.05, 0.1) is 18.2 Å². The van der Waals surface area contributed by atoms with Gasteiger partial charge in [-0.15, -0.1) is 0 Å². The molecule has 2 heterocycles. The molecule has 0 amide bonds. The summed E-state index contributed by atoms with van der Waals surface area (Å²) in [6.45, 7) is 2.21. The Hall–Kier alpha value is -2.97. The molecule has 2 aromatic rings. The van der Waals surface area contributed by atoms with Gasteiger partial charge in [-0.1, -0.05) is 30.8 Å². The Morgan fingerprint density at radius 3 is 2.62 bits per heavy atom. The third kappa shape index (κ3) is 4.65. The molecule has 9 nitrogen and oxygen atoms in total. The molecule has 1 unspecified atom stereocenters. The Bertz CT molecular complexity index is 1190. The molecule has 0 aliphatic heterocycles. The first-order valence-electron chi connectivity index (χ1n) is 12.5. The highest BCUT2D eigenvalue weighted by Gasteiger charge is 2.46. The lowest BCUT2D eigenvalue weighted by molar-refractivity contribution is -0.151. The van der Waals surface area contributed by atoms with Gasteiger partial charge in [-0.3, -0.25) is 14.6 Å². The Balaban J connectivity index is 1.32. The SMILES string of the molecule is CCOC(=O)C1[C@@H]2CC[C@H]1C/C(=N\Oc1nc3oc(=O)cc(CCC4CCCC4)c3c(=O)[nH]1)C2. The molecule has 0 radical (unpaired) electrons. The van der Waals surface area contributed by atoms with Crippen LogP contribution in [0.15, 0.2) is 25.2 Å². The highest BCUT2D eigenvalue weighted by atomic mass is 16.6. The van der Waals surface area contributed by atoms with E-state index in [0.29, 0.717) is 42.7 Å². The molecule has 3 saturated carbocycles. The van der Waals surface area contributed by atoms with E-state index in [-0.39, 0.29) is 35.4 Å². The van der Waals surface area contributed by atoms with E-state index in [4.69, 9.17) is 14.0 Å². The van der Waals surface area contributed by atoms with Gasteiger partial charge in [-0.2, -0.15) is 4.98 Å². The minimum absolute atomic E-state index is 0.0287. The lowest BCUT2D eigenvalue weighted by Gasteiger charge is -2.28. The molecule has 3 aliphatic rings. The number of aryl methyl sites for hydroxylation is 1. The number of aromatic nitrogens is 2. The molecule has 3 aliphatic carbocycles. The predicted octanol–water partition coefficient (Wildman–Crippen LogP) is 3.73. The quantitative estimate of drug-likeness (QED) is 0.484. The lowest BCUT2D eigenvalue weighted by atomic mass is 9.77. The summed E-state index contributed by atoms with van der Waals surface area (Å²) in [5, 5.41) is 4.52. The molecular formula is C25H31N3O6. The molecule has 9 heteroatoms. The van der Waals surface area contributed by atoms with Crippen molar-refractivity contribution in [2.75, 3.05) is 6.61 Å². The van der Waals surface area contributed by atoms with Gasteiger partial charge in [0.2, 0.25) is 5.71 Å². The molecule has 2 aromatic heterocycles. The third-order valence-electron chi connectivity index (χ3n) is 7.71. The van der Waals surface area contributed by atoms with Crippen LogP contribution in [0.2, 0.25) is 0 Å². The first-order chi connectivity index (χ1) is 16.5. The van der Waals surface area contributed by atoms with Crippen molar-refractivity contribution < 1.29 is 18.8 Å². The average Bonchev–Trinajstić information content (AvgIpc) is 3.41. The number of ether oxygens (including phenoxy) is 1. The summed E-state index contributed by atoms with van der Waals surface area (Å²) in [4.78, 5) is 49.6. The van der Waals surface area contributed by atoms with Crippen molar-refractivity contribution in [2.24, 2.45) is 28.8 Å². The van der Waals surface area contributed by atoms with Gasteiger partial charge in [0.15, 0.2) is 0 Å². The van der Waals surface area contributed by atoms with Gasteiger partial charge in [0.25, 0.3) is 5.56 Å². The molecule has 0 aromatic carbocycles. The van der Waals surface area contributed by atoms with Gasteiger partial charge in [-0.05, 0) is 68.8 Å². The number of nitrogens with one attached hydrogen (secondary N) is 1. The topological polar surface area (TPSA) is 124 Å². The van der Waals surface area contributed by atoms with Crippen LogP contribution in [0.5, 0.6) is 6.01 Å². The molecule has 34 heavy (non-hydrogen) atoms. The van der Waals surface area contributed by atoms with Gasteiger partial charge in [0.1, 0.15) is 5.39 Å². The number of rotatable bonds is 7. The van der Waals surface area contributed by atoms with Crippen LogP contribution < -0.4 is 16.0 Å². The number of hydrogen-bond donors (Lipinski definition) is 1. The fourth-order valence-corrected chi connectivity index (χ4v) is 6.15. The minimum Gasteiger partial charge on any atom is -0.466 e. The number of esters is 1. The lowest BCUT2D eigenvalue weighted by Crippen LogP contribution is -2.33. The van der Waals surface area contributed by atoms with Crippen LogP contribution in [-0.2, 0) is 16.0 Å². The van der Waals surface area contributed by atoms with E-state index in [9.17, 15) is 14.4 Å². The Kier molecular flexibility index (Phi) is 6.52. The smallest absolute Gasteiger partial charge is 0.337 e. The van der Waals surface area contributed by atoms with Crippen molar-refractivity contribution in [1.82, 2.24) is 9.97 Å². The number of aromatic amines is 1. The zero-order valence-corrected chi connectivity index (χ0v) is 19.5. The molecule has 5 rings (SSSR count). The van der Waals surface area contributed by atoms with Gasteiger partial charge >= 0.3 is 17.6 Å². The fourth-order valence-electron chi connectivity index (χ4n) is 6.15. The van der Waals surface area contributed by atoms with Crippen molar-refractivity contribution in [3.05, 3.63) is 32.4 Å². The Morgan fingerprint density at radius 2 is 1.91 bits per heavy atom. The Labute approximate surface area is 196 Å². The monoisotopic (exact) mass is 469 g/mol. The number of carbonyl (C=O) groups excluding carboxylic acids is 1. The molecule has 3 fully saturated rings. The van der Waals surface area contributed by atoms with E-state index in [0.717, 1.165) is 25.0 Å². The highest BCUT2D eigenvalue weighted by Crippen LogP contribution is 2.46. The van der Waals surface area contributed by atoms with Crippen molar-refractivity contribution in [3.8, 4) is 6.01 Å². The first kappa shape index (κ1) is 22.8. The van der Waals surface area contributed by atoms with Crippen LogP contribution in [0.3, 0.4) is 0 Å². The first-order valence-corrected chi connectivity index (χ1v) is 12.5. The Morgan fingerprint density at radius 1 is 1.18 bits per heavy atom. The summed E-state index contributed by atoms with van der Waals surface area (Å²) in [6, 6.07) is 1.29. The van der Waals surface area contributed by atoms with Crippen LogP contribution in [0, 0.1) is 23.7 Å². The maximum absolute atomic E-state index is 12.8. The second-order valence-corrected chi connectivity index (χ2v) is 9.86. The normalized spacial score (nSPS) is 25.8. The summed E-state index contributed by atoms with van der Waals surface area (Å²) in [6.07, 6.45) is 9.72. The van der Waals surface area contributed by atoms with Gasteiger partial charge < -0.3 is 14.0 Å². The molecule has 2 bridgehead atoms. The van der Waals surface area contributed by atoms with Crippen LogP contribution in [0.25, 0.3) is 11.1 Å². The summed E-state index contributed by atoms with van der Waals surface area (Å²) in [5.74, 6) is 0.846. The largest absolute Gasteiger partial charge is 0.466 e. The number of carbonyl (C=O) groups is 1. The summed E-state index contributed by atoms with van der Waals surface area (Å²) < 4.78 is 10.5. The van der Waals surface area contributed by atoms with Crippen LogP contribution in [0.1, 0.15) is 70.3 Å². The van der Waals surface area contributed by atoms with Crippen molar-refractivity contribution in [3.63, 3.8) is 0 Å². The number of H-pyrrole nitrogens is 1.